The number of aliphatic hydroxyl groups is 1. The Hall–Kier alpha value is -2.07. The number of carbonyl (C=O) groups excluding carboxylic acids is 1. The van der Waals surface area contributed by atoms with Crippen LogP contribution in [0.4, 0.5) is 5.82 Å². The Labute approximate surface area is 190 Å². The maximum absolute atomic E-state index is 13.6. The lowest BCUT2D eigenvalue weighted by Gasteiger charge is -2.30. The zero-order valence-corrected chi connectivity index (χ0v) is 19.5. The molecule has 2 aromatic rings. The monoisotopic (exact) mass is 450 g/mol. The number of aliphatic hydroxyl groups excluding tert-OH is 1. The SMILES string of the molecule is CCCCOC[C@@H](O)[C@@H](OCCCC)[C@@H](OCCCC)C(=O)c1ccc2c(N)ncnn12. The highest BCUT2D eigenvalue weighted by Crippen LogP contribution is 2.20. The van der Waals surface area contributed by atoms with E-state index in [9.17, 15) is 9.90 Å². The van der Waals surface area contributed by atoms with Gasteiger partial charge in [-0.25, -0.2) is 9.50 Å². The molecule has 2 rings (SSSR count). The van der Waals surface area contributed by atoms with Crippen molar-refractivity contribution in [3.8, 4) is 0 Å². The highest BCUT2D eigenvalue weighted by atomic mass is 16.6. The highest BCUT2D eigenvalue weighted by molar-refractivity contribution is 6.00. The minimum atomic E-state index is -1.01. The lowest BCUT2D eigenvalue weighted by molar-refractivity contribution is -0.125. The van der Waals surface area contributed by atoms with Crippen molar-refractivity contribution in [3.63, 3.8) is 0 Å². The molecule has 0 amide bonds. The molecule has 9 heteroatoms. The maximum atomic E-state index is 13.6. The number of ether oxygens (including phenoxy) is 3. The van der Waals surface area contributed by atoms with Crippen molar-refractivity contribution in [2.24, 2.45) is 0 Å². The zero-order chi connectivity index (χ0) is 23.3. The van der Waals surface area contributed by atoms with Crippen LogP contribution >= 0.6 is 0 Å². The Bertz CT molecular complexity index is 813. The molecule has 0 radical (unpaired) electrons. The molecule has 0 bridgehead atoms. The third-order valence-electron chi connectivity index (χ3n) is 5.20. The number of unbranched alkanes of at least 4 members (excludes halogenated alkanes) is 3. The summed E-state index contributed by atoms with van der Waals surface area (Å²) in [6.45, 7) is 7.59. The molecule has 0 aliphatic rings. The summed E-state index contributed by atoms with van der Waals surface area (Å²) in [6.07, 6.45) is 3.79. The molecule has 2 aromatic heterocycles. The Morgan fingerprint density at radius 3 is 2.41 bits per heavy atom. The van der Waals surface area contributed by atoms with E-state index in [-0.39, 0.29) is 18.2 Å². The fourth-order valence-corrected chi connectivity index (χ4v) is 3.27. The number of hydrogen-bond acceptors (Lipinski definition) is 8. The number of hydrogen-bond donors (Lipinski definition) is 2. The van der Waals surface area contributed by atoms with Gasteiger partial charge >= 0.3 is 0 Å². The maximum Gasteiger partial charge on any atom is 0.212 e. The Morgan fingerprint density at radius 2 is 1.72 bits per heavy atom. The predicted molar refractivity (Wildman–Crippen MR) is 123 cm³/mol. The zero-order valence-electron chi connectivity index (χ0n) is 19.5. The number of ketones is 1. The predicted octanol–water partition coefficient (Wildman–Crippen LogP) is 3.04. The molecule has 0 aliphatic heterocycles. The van der Waals surface area contributed by atoms with Crippen LogP contribution in [0.2, 0.25) is 0 Å². The number of Topliss-reactive ketones (excluding diaryl/α,β-unsaturated/α-hetero) is 1. The van der Waals surface area contributed by atoms with Crippen LogP contribution in [0.25, 0.3) is 5.52 Å². The minimum absolute atomic E-state index is 0.0712. The summed E-state index contributed by atoms with van der Waals surface area (Å²) in [5, 5.41) is 15.1. The van der Waals surface area contributed by atoms with Gasteiger partial charge in [0.05, 0.1) is 6.61 Å². The first-order valence-corrected chi connectivity index (χ1v) is 11.7. The topological polar surface area (TPSA) is 121 Å². The van der Waals surface area contributed by atoms with E-state index in [2.05, 4.69) is 23.9 Å². The summed E-state index contributed by atoms with van der Waals surface area (Å²) in [7, 11) is 0. The standard InChI is InChI=1S/C23H38N4O5/c1-4-7-12-30-15-19(28)21(31-13-8-5-2)22(32-14-9-6-3)20(29)17-10-11-18-23(24)25-16-26-27(17)18/h10-11,16,19,21-22,28H,4-9,12-15H2,1-3H3,(H2,24,25,26)/t19-,21-,22+/m1/s1. The van der Waals surface area contributed by atoms with Crippen LogP contribution in [0.15, 0.2) is 18.5 Å². The van der Waals surface area contributed by atoms with E-state index in [4.69, 9.17) is 19.9 Å². The number of fused-ring (bicyclic) bond motifs is 1. The third kappa shape index (κ3) is 7.23. The Kier molecular flexibility index (Phi) is 11.6. The number of aromatic nitrogens is 3. The van der Waals surface area contributed by atoms with Crippen molar-refractivity contribution >= 4 is 17.1 Å². The molecular weight excluding hydrogens is 412 g/mol. The molecule has 0 fully saturated rings. The average molecular weight is 451 g/mol. The van der Waals surface area contributed by atoms with Crippen LogP contribution in [0, 0.1) is 0 Å². The molecule has 9 nitrogen and oxygen atoms in total. The van der Waals surface area contributed by atoms with E-state index in [1.807, 2.05) is 6.92 Å². The summed E-state index contributed by atoms with van der Waals surface area (Å²) >= 11 is 0. The molecule has 180 valence electrons. The fraction of sp³-hybridized carbons (Fsp3) is 0.696. The smallest absolute Gasteiger partial charge is 0.212 e. The van der Waals surface area contributed by atoms with Crippen LogP contribution in [0.5, 0.6) is 0 Å². The van der Waals surface area contributed by atoms with E-state index >= 15 is 0 Å². The van der Waals surface area contributed by atoms with Crippen LogP contribution < -0.4 is 5.73 Å². The van der Waals surface area contributed by atoms with Crippen molar-refractivity contribution in [1.29, 1.82) is 0 Å². The molecule has 2 heterocycles. The number of rotatable bonds is 17. The van der Waals surface area contributed by atoms with Crippen molar-refractivity contribution < 1.29 is 24.1 Å². The van der Waals surface area contributed by atoms with Gasteiger partial charge in [0.1, 0.15) is 29.7 Å². The van der Waals surface area contributed by atoms with E-state index in [1.165, 1.54) is 10.8 Å². The number of nitrogen functional groups attached to an aromatic ring is 1. The third-order valence-corrected chi connectivity index (χ3v) is 5.20. The second kappa shape index (κ2) is 14.2. The van der Waals surface area contributed by atoms with Crippen LogP contribution in [-0.2, 0) is 14.2 Å². The minimum Gasteiger partial charge on any atom is -0.388 e. The molecule has 0 spiro atoms. The number of carbonyl (C=O) groups is 1. The van der Waals surface area contributed by atoms with Crippen LogP contribution in [-0.4, -0.2) is 70.2 Å². The van der Waals surface area contributed by atoms with Crippen LogP contribution in [0.1, 0.15) is 69.8 Å². The summed E-state index contributed by atoms with van der Waals surface area (Å²) < 4.78 is 19.1. The van der Waals surface area contributed by atoms with Gasteiger partial charge in [-0.05, 0) is 31.4 Å². The van der Waals surface area contributed by atoms with Gasteiger partial charge < -0.3 is 25.1 Å². The highest BCUT2D eigenvalue weighted by Gasteiger charge is 2.37. The van der Waals surface area contributed by atoms with Gasteiger partial charge in [-0.15, -0.1) is 0 Å². The number of nitrogens with two attached hydrogens (primary N) is 1. The second-order valence-corrected chi connectivity index (χ2v) is 7.85. The van der Waals surface area contributed by atoms with Gasteiger partial charge in [0, 0.05) is 19.8 Å². The fourth-order valence-electron chi connectivity index (χ4n) is 3.27. The number of nitrogens with zero attached hydrogens (tertiary/aromatic N) is 3. The Morgan fingerprint density at radius 1 is 1.06 bits per heavy atom. The number of anilines is 1. The molecule has 32 heavy (non-hydrogen) atoms. The largest absolute Gasteiger partial charge is 0.388 e. The van der Waals surface area contributed by atoms with Crippen molar-refractivity contribution in [2.75, 3.05) is 32.2 Å². The van der Waals surface area contributed by atoms with Crippen molar-refractivity contribution in [1.82, 2.24) is 14.6 Å². The molecule has 0 unspecified atom stereocenters. The normalized spacial score (nSPS) is 14.5. The van der Waals surface area contributed by atoms with Crippen molar-refractivity contribution in [3.05, 3.63) is 24.2 Å². The summed E-state index contributed by atoms with van der Waals surface area (Å²) in [5.41, 5.74) is 6.76. The van der Waals surface area contributed by atoms with E-state index in [1.54, 1.807) is 12.1 Å². The molecular formula is C23H38N4O5. The molecule has 0 aromatic carbocycles. The van der Waals surface area contributed by atoms with E-state index in [0.717, 1.165) is 38.5 Å². The molecule has 3 N–H and O–H groups in total. The van der Waals surface area contributed by atoms with Crippen molar-refractivity contribution in [2.45, 2.75) is 77.6 Å². The molecule has 0 aliphatic carbocycles. The molecule has 0 saturated heterocycles. The first-order chi connectivity index (χ1) is 15.5. The van der Waals surface area contributed by atoms with Gasteiger partial charge in [0.15, 0.2) is 11.9 Å². The summed E-state index contributed by atoms with van der Waals surface area (Å²) in [6, 6.07) is 3.34. The first-order valence-electron chi connectivity index (χ1n) is 11.7. The first kappa shape index (κ1) is 26.2. The van der Waals surface area contributed by atoms with Gasteiger partial charge in [-0.2, -0.15) is 5.10 Å². The quantitative estimate of drug-likeness (QED) is 0.279. The molecule has 0 saturated carbocycles. The lowest BCUT2D eigenvalue weighted by atomic mass is 10.0. The Balaban J connectivity index is 2.30. The van der Waals surface area contributed by atoms with Gasteiger partial charge in [0.2, 0.25) is 5.78 Å². The summed E-state index contributed by atoms with van der Waals surface area (Å²) in [5.74, 6) is -0.0454. The second-order valence-electron chi connectivity index (χ2n) is 7.85. The summed E-state index contributed by atoms with van der Waals surface area (Å²) in [4.78, 5) is 17.6. The van der Waals surface area contributed by atoms with Crippen LogP contribution in [0.3, 0.4) is 0 Å². The lowest BCUT2D eigenvalue weighted by Crippen LogP contribution is -2.48. The van der Waals surface area contributed by atoms with Gasteiger partial charge in [-0.3, -0.25) is 4.79 Å². The average Bonchev–Trinajstić information content (AvgIpc) is 3.23. The van der Waals surface area contributed by atoms with E-state index in [0.29, 0.717) is 31.0 Å². The van der Waals surface area contributed by atoms with Gasteiger partial charge in [-0.1, -0.05) is 40.0 Å². The molecule has 3 atom stereocenters. The van der Waals surface area contributed by atoms with Gasteiger partial charge in [0.25, 0.3) is 0 Å². The van der Waals surface area contributed by atoms with E-state index < -0.39 is 18.3 Å².